The van der Waals surface area contributed by atoms with Crippen molar-refractivity contribution in [1.29, 1.82) is 0 Å². The molecule has 1 atom stereocenters. The Kier molecular flexibility index (Phi) is 3.23. The van der Waals surface area contributed by atoms with Crippen molar-refractivity contribution in [2.75, 3.05) is 16.8 Å². The van der Waals surface area contributed by atoms with Gasteiger partial charge in [-0.15, -0.1) is 0 Å². The second-order valence-electron chi connectivity index (χ2n) is 4.62. The average molecular weight is 284 g/mol. The summed E-state index contributed by atoms with van der Waals surface area (Å²) in [5.41, 5.74) is 1.71. The van der Waals surface area contributed by atoms with Crippen LogP contribution < -0.4 is 10.2 Å². The van der Waals surface area contributed by atoms with Crippen LogP contribution in [-0.2, 0) is 4.79 Å². The second-order valence-corrected chi connectivity index (χ2v) is 4.62. The molecule has 0 aliphatic carbocycles. The molecule has 0 bridgehead atoms. The Hall–Kier alpha value is -2.96. The number of fused-ring (bicyclic) bond motifs is 1. The minimum atomic E-state index is -0.944. The summed E-state index contributed by atoms with van der Waals surface area (Å²) in [4.78, 5) is 32.7. The van der Waals surface area contributed by atoms with Crippen molar-refractivity contribution in [3.05, 3.63) is 48.5 Å². The number of para-hydroxylation sites is 1. The number of amides is 2. The van der Waals surface area contributed by atoms with Crippen LogP contribution in [0.4, 0.5) is 16.2 Å². The lowest BCUT2D eigenvalue weighted by Gasteiger charge is -2.17. The minimum absolute atomic E-state index is 0.105. The third-order valence-corrected chi connectivity index (χ3v) is 3.32. The summed E-state index contributed by atoms with van der Waals surface area (Å²) in [7, 11) is 0. The van der Waals surface area contributed by atoms with Gasteiger partial charge in [-0.3, -0.25) is 9.69 Å². The molecule has 1 aromatic carbocycles. The first-order valence-electron chi connectivity index (χ1n) is 6.32. The van der Waals surface area contributed by atoms with E-state index in [2.05, 4.69) is 15.3 Å². The monoisotopic (exact) mass is 284 g/mol. The molecule has 0 radical (unpaired) electrons. The van der Waals surface area contributed by atoms with E-state index in [-0.39, 0.29) is 6.54 Å². The van der Waals surface area contributed by atoms with Gasteiger partial charge in [0.15, 0.2) is 0 Å². The molecule has 21 heavy (non-hydrogen) atoms. The Bertz CT molecular complexity index is 690. The van der Waals surface area contributed by atoms with Gasteiger partial charge in [-0.25, -0.2) is 14.8 Å². The third kappa shape index (κ3) is 2.40. The Morgan fingerprint density at radius 1 is 1.24 bits per heavy atom. The van der Waals surface area contributed by atoms with E-state index in [1.807, 2.05) is 0 Å². The SMILES string of the molecule is O=C(O)C1CN(C(=O)Nc2cncnc2)c2ccccc21. The number of hydrogen-bond acceptors (Lipinski definition) is 4. The van der Waals surface area contributed by atoms with E-state index in [0.717, 1.165) is 0 Å². The number of hydrogen-bond donors (Lipinski definition) is 2. The number of rotatable bonds is 2. The van der Waals surface area contributed by atoms with Crippen LogP contribution in [0.5, 0.6) is 0 Å². The third-order valence-electron chi connectivity index (χ3n) is 3.32. The van der Waals surface area contributed by atoms with Crippen molar-refractivity contribution in [3.8, 4) is 0 Å². The molecule has 2 aromatic rings. The smallest absolute Gasteiger partial charge is 0.326 e. The van der Waals surface area contributed by atoms with Crippen molar-refractivity contribution in [3.63, 3.8) is 0 Å². The zero-order valence-corrected chi connectivity index (χ0v) is 10.9. The van der Waals surface area contributed by atoms with Crippen LogP contribution in [-0.4, -0.2) is 33.6 Å². The first kappa shape index (κ1) is 13.0. The lowest BCUT2D eigenvalue weighted by Crippen LogP contribution is -2.35. The second kappa shape index (κ2) is 5.20. The van der Waals surface area contributed by atoms with E-state index >= 15 is 0 Å². The number of carboxylic acid groups (broad SMARTS) is 1. The summed E-state index contributed by atoms with van der Waals surface area (Å²) >= 11 is 0. The average Bonchev–Trinajstić information content (AvgIpc) is 2.88. The highest BCUT2D eigenvalue weighted by atomic mass is 16.4. The highest BCUT2D eigenvalue weighted by Crippen LogP contribution is 2.36. The van der Waals surface area contributed by atoms with E-state index in [0.29, 0.717) is 16.9 Å². The summed E-state index contributed by atoms with van der Waals surface area (Å²) < 4.78 is 0. The van der Waals surface area contributed by atoms with Crippen molar-refractivity contribution < 1.29 is 14.7 Å². The summed E-state index contributed by atoms with van der Waals surface area (Å²) in [5.74, 6) is -1.65. The maximum atomic E-state index is 12.3. The number of nitrogens with zero attached hydrogens (tertiary/aromatic N) is 3. The molecule has 1 aromatic heterocycles. The maximum Gasteiger partial charge on any atom is 0.326 e. The number of aliphatic carboxylic acids is 1. The van der Waals surface area contributed by atoms with Gasteiger partial charge in [0.05, 0.1) is 18.1 Å². The summed E-state index contributed by atoms with van der Waals surface area (Å²) in [5, 5.41) is 11.9. The molecule has 0 saturated heterocycles. The van der Waals surface area contributed by atoms with Crippen LogP contribution in [0.15, 0.2) is 43.0 Å². The van der Waals surface area contributed by atoms with Crippen molar-refractivity contribution >= 4 is 23.4 Å². The molecule has 2 amide bonds. The molecule has 1 aliphatic rings. The molecule has 3 rings (SSSR count). The molecule has 1 aliphatic heterocycles. The quantitative estimate of drug-likeness (QED) is 0.875. The summed E-state index contributed by atoms with van der Waals surface area (Å²) in [6.07, 6.45) is 4.31. The van der Waals surface area contributed by atoms with Gasteiger partial charge in [0.25, 0.3) is 0 Å². The van der Waals surface area contributed by atoms with E-state index in [9.17, 15) is 14.7 Å². The molecule has 7 nitrogen and oxygen atoms in total. The molecule has 1 unspecified atom stereocenters. The van der Waals surface area contributed by atoms with E-state index in [4.69, 9.17) is 0 Å². The van der Waals surface area contributed by atoms with E-state index in [1.165, 1.54) is 23.6 Å². The highest BCUT2D eigenvalue weighted by Gasteiger charge is 2.36. The van der Waals surface area contributed by atoms with E-state index in [1.54, 1.807) is 24.3 Å². The number of aromatic nitrogens is 2. The predicted molar refractivity (Wildman–Crippen MR) is 75.2 cm³/mol. The Morgan fingerprint density at radius 2 is 1.95 bits per heavy atom. The Balaban J connectivity index is 1.86. The van der Waals surface area contributed by atoms with Gasteiger partial charge < -0.3 is 10.4 Å². The van der Waals surface area contributed by atoms with Gasteiger partial charge in [0, 0.05) is 12.2 Å². The molecule has 2 heterocycles. The highest BCUT2D eigenvalue weighted by molar-refractivity contribution is 6.04. The van der Waals surface area contributed by atoms with Crippen LogP contribution >= 0.6 is 0 Å². The first-order chi connectivity index (χ1) is 10.2. The van der Waals surface area contributed by atoms with Gasteiger partial charge >= 0.3 is 12.0 Å². The molecule has 106 valence electrons. The molecule has 2 N–H and O–H groups in total. The van der Waals surface area contributed by atoms with Gasteiger partial charge in [-0.2, -0.15) is 0 Å². The minimum Gasteiger partial charge on any atom is -0.481 e. The van der Waals surface area contributed by atoms with Gasteiger partial charge in [-0.1, -0.05) is 18.2 Å². The zero-order chi connectivity index (χ0) is 14.8. The van der Waals surface area contributed by atoms with E-state index < -0.39 is 17.9 Å². The molecule has 0 saturated carbocycles. The molecule has 7 heteroatoms. The van der Waals surface area contributed by atoms with Crippen molar-refractivity contribution in [1.82, 2.24) is 9.97 Å². The maximum absolute atomic E-state index is 12.3. The first-order valence-corrected chi connectivity index (χ1v) is 6.32. The van der Waals surface area contributed by atoms with Crippen LogP contribution in [0.3, 0.4) is 0 Å². The molecule has 0 spiro atoms. The number of benzene rings is 1. The van der Waals surface area contributed by atoms with Gasteiger partial charge in [-0.05, 0) is 11.6 Å². The summed E-state index contributed by atoms with van der Waals surface area (Å²) in [6.45, 7) is 0.105. The standard InChI is InChI=1S/C14H12N4O3/c19-13(20)11-7-18(12-4-2-1-3-10(11)12)14(21)17-9-5-15-8-16-6-9/h1-6,8,11H,7H2,(H,17,21)(H,19,20). The van der Waals surface area contributed by atoms with Crippen LogP contribution in [0, 0.1) is 0 Å². The number of urea groups is 1. The molecule has 0 fully saturated rings. The topological polar surface area (TPSA) is 95.4 Å². The zero-order valence-electron chi connectivity index (χ0n) is 10.9. The number of carbonyl (C=O) groups is 2. The fraction of sp³-hybridized carbons (Fsp3) is 0.143. The summed E-state index contributed by atoms with van der Waals surface area (Å²) in [6, 6.07) is 6.60. The predicted octanol–water partition coefficient (Wildman–Crippen LogP) is 1.70. The van der Waals surface area contributed by atoms with Crippen molar-refractivity contribution in [2.24, 2.45) is 0 Å². The van der Waals surface area contributed by atoms with Gasteiger partial charge in [0.2, 0.25) is 0 Å². The fourth-order valence-electron chi connectivity index (χ4n) is 2.37. The fourth-order valence-corrected chi connectivity index (χ4v) is 2.37. The van der Waals surface area contributed by atoms with Crippen LogP contribution in [0.25, 0.3) is 0 Å². The normalized spacial score (nSPS) is 16.4. The molecular weight excluding hydrogens is 272 g/mol. The number of nitrogens with one attached hydrogen (secondary N) is 1. The Morgan fingerprint density at radius 3 is 2.67 bits per heavy atom. The number of carbonyl (C=O) groups excluding carboxylic acids is 1. The lowest BCUT2D eigenvalue weighted by molar-refractivity contribution is -0.138. The largest absolute Gasteiger partial charge is 0.481 e. The molecular formula is C14H12N4O3. The van der Waals surface area contributed by atoms with Crippen LogP contribution in [0.1, 0.15) is 11.5 Å². The van der Waals surface area contributed by atoms with Crippen LogP contribution in [0.2, 0.25) is 0 Å². The van der Waals surface area contributed by atoms with Crippen molar-refractivity contribution in [2.45, 2.75) is 5.92 Å². The number of carboxylic acids is 1. The lowest BCUT2D eigenvalue weighted by atomic mass is 10.0. The Labute approximate surface area is 120 Å². The van der Waals surface area contributed by atoms with Gasteiger partial charge in [0.1, 0.15) is 12.2 Å². The number of anilines is 2.